The molecule has 0 saturated heterocycles. The molecule has 140 valence electrons. The van der Waals surface area contributed by atoms with E-state index in [9.17, 15) is 13.2 Å². The van der Waals surface area contributed by atoms with Gasteiger partial charge >= 0.3 is 6.36 Å². The maximum atomic E-state index is 12.6. The number of benzene rings is 2. The second kappa shape index (κ2) is 6.84. The van der Waals surface area contributed by atoms with Crippen LogP contribution in [-0.4, -0.2) is 16.3 Å². The van der Waals surface area contributed by atoms with E-state index >= 15 is 0 Å². The fourth-order valence-electron chi connectivity index (χ4n) is 3.04. The molecule has 4 nitrogen and oxygen atoms in total. The number of nitrogens with zero attached hydrogens (tertiary/aromatic N) is 2. The van der Waals surface area contributed by atoms with Crippen LogP contribution in [0.2, 0.25) is 0 Å². The third kappa shape index (κ3) is 3.59. The number of alkyl halides is 3. The summed E-state index contributed by atoms with van der Waals surface area (Å²) in [4.78, 5) is 8.67. The third-order valence-electron chi connectivity index (χ3n) is 4.24. The highest BCUT2D eigenvalue weighted by molar-refractivity contribution is 5.94. The van der Waals surface area contributed by atoms with Crippen molar-refractivity contribution < 1.29 is 17.9 Å². The number of anilines is 1. The van der Waals surface area contributed by atoms with Crippen LogP contribution in [-0.2, 0) is 0 Å². The molecular formula is C21H14F3N3O. The van der Waals surface area contributed by atoms with E-state index < -0.39 is 6.36 Å². The van der Waals surface area contributed by atoms with Crippen LogP contribution in [0.25, 0.3) is 33.3 Å². The van der Waals surface area contributed by atoms with Crippen LogP contribution in [0.4, 0.5) is 18.9 Å². The van der Waals surface area contributed by atoms with Gasteiger partial charge in [-0.15, -0.1) is 13.2 Å². The maximum absolute atomic E-state index is 12.6. The highest BCUT2D eigenvalue weighted by Crippen LogP contribution is 2.34. The number of fused-ring (bicyclic) bond motifs is 1. The summed E-state index contributed by atoms with van der Waals surface area (Å²) in [6.45, 7) is 0. The molecule has 2 N–H and O–H groups in total. The molecule has 4 aromatic rings. The molecule has 0 aliphatic carbocycles. The van der Waals surface area contributed by atoms with Crippen LogP contribution in [0.15, 0.2) is 73.1 Å². The first-order chi connectivity index (χ1) is 13.4. The number of pyridine rings is 2. The summed E-state index contributed by atoms with van der Waals surface area (Å²) in [5.74, 6) is -0.298. The molecule has 0 bridgehead atoms. The van der Waals surface area contributed by atoms with Crippen LogP contribution in [0.5, 0.6) is 5.75 Å². The Bertz CT molecular complexity index is 1160. The van der Waals surface area contributed by atoms with E-state index in [0.717, 1.165) is 22.0 Å². The molecule has 0 aliphatic heterocycles. The van der Waals surface area contributed by atoms with Crippen LogP contribution < -0.4 is 10.5 Å². The number of ether oxygens (including phenoxy) is 1. The van der Waals surface area contributed by atoms with Crippen molar-refractivity contribution in [2.75, 3.05) is 5.73 Å². The number of hydrogen-bond acceptors (Lipinski definition) is 4. The van der Waals surface area contributed by atoms with Crippen molar-refractivity contribution in [3.63, 3.8) is 0 Å². The van der Waals surface area contributed by atoms with Crippen LogP contribution >= 0.6 is 0 Å². The zero-order valence-electron chi connectivity index (χ0n) is 14.4. The average Bonchev–Trinajstić information content (AvgIpc) is 2.67. The molecule has 0 aliphatic rings. The zero-order chi connectivity index (χ0) is 19.7. The maximum Gasteiger partial charge on any atom is 0.573 e. The normalized spacial score (nSPS) is 11.5. The lowest BCUT2D eigenvalue weighted by Crippen LogP contribution is -2.17. The lowest BCUT2D eigenvalue weighted by atomic mass is 9.97. The highest BCUT2D eigenvalue weighted by atomic mass is 19.4. The number of nitrogens with two attached hydrogens (primary N) is 1. The molecule has 0 spiro atoms. The average molecular weight is 381 g/mol. The van der Waals surface area contributed by atoms with Crippen LogP contribution in [0.3, 0.4) is 0 Å². The molecule has 2 heterocycles. The van der Waals surface area contributed by atoms with Gasteiger partial charge < -0.3 is 10.5 Å². The predicted octanol–water partition coefficient (Wildman–Crippen LogP) is 5.44. The summed E-state index contributed by atoms with van der Waals surface area (Å²) < 4.78 is 41.7. The van der Waals surface area contributed by atoms with E-state index in [0.29, 0.717) is 16.9 Å². The summed E-state index contributed by atoms with van der Waals surface area (Å²) in [6, 6.07) is 16.7. The molecule has 0 saturated carbocycles. The second-order valence-electron chi connectivity index (χ2n) is 6.11. The third-order valence-corrected chi connectivity index (χ3v) is 4.24. The van der Waals surface area contributed by atoms with Gasteiger partial charge in [-0.1, -0.05) is 24.3 Å². The van der Waals surface area contributed by atoms with E-state index in [2.05, 4.69) is 14.7 Å². The van der Waals surface area contributed by atoms with Crippen molar-refractivity contribution in [2.45, 2.75) is 6.36 Å². The number of hydrogen-bond donors (Lipinski definition) is 1. The molecule has 2 aromatic carbocycles. The highest BCUT2D eigenvalue weighted by Gasteiger charge is 2.31. The molecule has 0 fully saturated rings. The summed E-state index contributed by atoms with van der Waals surface area (Å²) in [5, 5.41) is 0.795. The Hall–Kier alpha value is -3.61. The Morgan fingerprint density at radius 1 is 0.821 bits per heavy atom. The fraction of sp³-hybridized carbons (Fsp3) is 0.0476. The Morgan fingerprint density at radius 3 is 2.50 bits per heavy atom. The predicted molar refractivity (Wildman–Crippen MR) is 102 cm³/mol. The van der Waals surface area contributed by atoms with Gasteiger partial charge in [-0.25, -0.2) is 0 Å². The van der Waals surface area contributed by atoms with Crippen molar-refractivity contribution >= 4 is 16.6 Å². The second-order valence-corrected chi connectivity index (χ2v) is 6.11. The summed E-state index contributed by atoms with van der Waals surface area (Å²) in [5.41, 5.74) is 10.0. The summed E-state index contributed by atoms with van der Waals surface area (Å²) >= 11 is 0. The monoisotopic (exact) mass is 381 g/mol. The van der Waals surface area contributed by atoms with Gasteiger partial charge in [0, 0.05) is 34.6 Å². The largest absolute Gasteiger partial charge is 0.573 e. The first-order valence-electron chi connectivity index (χ1n) is 8.36. The lowest BCUT2D eigenvalue weighted by molar-refractivity contribution is -0.274. The number of halogens is 3. The molecule has 7 heteroatoms. The van der Waals surface area contributed by atoms with Gasteiger partial charge in [-0.3, -0.25) is 9.97 Å². The molecule has 0 radical (unpaired) electrons. The minimum atomic E-state index is -4.76. The Kier molecular flexibility index (Phi) is 4.35. The summed E-state index contributed by atoms with van der Waals surface area (Å²) in [7, 11) is 0. The fourth-order valence-corrected chi connectivity index (χ4v) is 3.04. The molecule has 0 amide bonds. The first-order valence-corrected chi connectivity index (χ1v) is 8.36. The van der Waals surface area contributed by atoms with Gasteiger partial charge in [0.25, 0.3) is 0 Å². The molecule has 4 rings (SSSR count). The van der Waals surface area contributed by atoms with Crippen molar-refractivity contribution in [2.24, 2.45) is 0 Å². The summed E-state index contributed by atoms with van der Waals surface area (Å²) in [6.07, 6.45) is -1.53. The molecule has 0 atom stereocenters. The minimum absolute atomic E-state index is 0.298. The Balaban J connectivity index is 1.82. The Morgan fingerprint density at radius 2 is 1.68 bits per heavy atom. The van der Waals surface area contributed by atoms with Crippen LogP contribution in [0, 0.1) is 0 Å². The Labute approximate surface area is 158 Å². The van der Waals surface area contributed by atoms with E-state index in [1.165, 1.54) is 18.2 Å². The number of rotatable bonds is 3. The van der Waals surface area contributed by atoms with E-state index in [1.54, 1.807) is 30.6 Å². The SMILES string of the molecule is Nc1ccnc2ccc(-c3cccnc3-c3cccc(OC(F)(F)F)c3)cc12. The number of aromatic nitrogens is 2. The van der Waals surface area contributed by atoms with Gasteiger partial charge in [0.2, 0.25) is 0 Å². The van der Waals surface area contributed by atoms with Crippen molar-refractivity contribution in [3.05, 3.63) is 73.1 Å². The smallest absolute Gasteiger partial charge is 0.406 e. The zero-order valence-corrected chi connectivity index (χ0v) is 14.4. The van der Waals surface area contributed by atoms with E-state index in [-0.39, 0.29) is 5.75 Å². The number of nitrogen functional groups attached to an aromatic ring is 1. The molecule has 28 heavy (non-hydrogen) atoms. The van der Waals surface area contributed by atoms with Crippen molar-refractivity contribution in [1.82, 2.24) is 9.97 Å². The van der Waals surface area contributed by atoms with Crippen LogP contribution in [0.1, 0.15) is 0 Å². The molecular weight excluding hydrogens is 367 g/mol. The molecule has 0 unspecified atom stereocenters. The first kappa shape index (κ1) is 17.8. The van der Waals surface area contributed by atoms with Gasteiger partial charge in [0.05, 0.1) is 11.2 Å². The quantitative estimate of drug-likeness (QED) is 0.513. The van der Waals surface area contributed by atoms with Gasteiger partial charge in [-0.2, -0.15) is 0 Å². The van der Waals surface area contributed by atoms with Crippen molar-refractivity contribution in [3.8, 4) is 28.1 Å². The topological polar surface area (TPSA) is 61.0 Å². The van der Waals surface area contributed by atoms with Crippen molar-refractivity contribution in [1.29, 1.82) is 0 Å². The van der Waals surface area contributed by atoms with E-state index in [4.69, 9.17) is 5.73 Å². The van der Waals surface area contributed by atoms with Gasteiger partial charge in [-0.05, 0) is 42.0 Å². The van der Waals surface area contributed by atoms with E-state index in [1.807, 2.05) is 24.3 Å². The van der Waals surface area contributed by atoms with Gasteiger partial charge in [0.1, 0.15) is 5.75 Å². The minimum Gasteiger partial charge on any atom is -0.406 e. The van der Waals surface area contributed by atoms with Gasteiger partial charge in [0.15, 0.2) is 0 Å². The lowest BCUT2D eigenvalue weighted by Gasteiger charge is -2.13. The standard InChI is InChI=1S/C21H14F3N3O/c22-21(23,24)28-15-4-1-3-14(11-15)20-16(5-2-9-27-20)13-6-7-19-17(12-13)18(25)8-10-26-19/h1-12H,(H2,25,26). The molecule has 2 aromatic heterocycles.